The van der Waals surface area contributed by atoms with Crippen molar-refractivity contribution in [1.29, 1.82) is 0 Å². The van der Waals surface area contributed by atoms with Gasteiger partial charge in [0.1, 0.15) is 12.1 Å². The first kappa shape index (κ1) is 21.7. The molecular formula is C24H39N3O5. The van der Waals surface area contributed by atoms with E-state index in [0.717, 1.165) is 24.2 Å². The van der Waals surface area contributed by atoms with Gasteiger partial charge >= 0.3 is 6.09 Å². The predicted molar refractivity (Wildman–Crippen MR) is 121 cm³/mol. The number of aliphatic hydroxyl groups is 1. The van der Waals surface area contributed by atoms with E-state index in [1.165, 1.54) is 0 Å². The van der Waals surface area contributed by atoms with Crippen LogP contribution in [-0.4, -0.2) is 66.3 Å². The molecule has 0 aromatic rings. The number of likely N-dealkylation sites (N-methyl/N-ethyl adjacent to an activating group) is 1. The highest BCUT2D eigenvalue weighted by Crippen LogP contribution is 2.37. The molecule has 0 aromatic heterocycles. The molecule has 2 fully saturated rings. The minimum atomic E-state index is -1.72. The zero-order valence-electron chi connectivity index (χ0n) is 21.2. The molecule has 1 saturated carbocycles. The summed E-state index contributed by atoms with van der Waals surface area (Å²) in [5.74, 6) is -0.0867. The van der Waals surface area contributed by atoms with Crippen LogP contribution in [0.1, 0.15) is 61.5 Å². The third-order valence-corrected chi connectivity index (χ3v) is 6.79. The number of ether oxygens (including phenoxy) is 1. The second-order valence-electron chi connectivity index (χ2n) is 9.96. The first-order chi connectivity index (χ1) is 16.2. The molecule has 0 unspecified atom stereocenters. The number of carbonyl (C=O) groups excluding carboxylic acids is 3. The van der Waals surface area contributed by atoms with Crippen LogP contribution in [0.2, 0.25) is 0 Å². The van der Waals surface area contributed by atoms with Crippen LogP contribution in [0.4, 0.5) is 4.79 Å². The van der Waals surface area contributed by atoms with Gasteiger partial charge < -0.3 is 20.5 Å². The van der Waals surface area contributed by atoms with E-state index in [2.05, 4.69) is 22.8 Å². The monoisotopic (exact) mass is 451 g/mol. The normalized spacial score (nSPS) is 29.7. The fraction of sp³-hybridized carbons (Fsp3) is 0.792. The number of aliphatic hydroxyl groups excluding tert-OH is 1. The average molecular weight is 452 g/mol. The Morgan fingerprint density at radius 2 is 2.19 bits per heavy atom. The molecule has 8 heteroatoms. The smallest absolute Gasteiger partial charge is 0.410 e. The number of hydrogen-bond donors (Lipinski definition) is 3. The van der Waals surface area contributed by atoms with Gasteiger partial charge in [0.25, 0.3) is 0 Å². The lowest BCUT2D eigenvalue weighted by atomic mass is 9.75. The molecular weight excluding hydrogens is 410 g/mol. The first-order valence-electron chi connectivity index (χ1n) is 13.0. The third-order valence-electron chi connectivity index (χ3n) is 6.79. The van der Waals surface area contributed by atoms with Crippen molar-refractivity contribution < 1.29 is 27.0 Å². The van der Waals surface area contributed by atoms with Gasteiger partial charge in [0.15, 0.2) is 0 Å². The van der Waals surface area contributed by atoms with Crippen molar-refractivity contribution in [2.75, 3.05) is 20.2 Å². The van der Waals surface area contributed by atoms with Gasteiger partial charge in [-0.3, -0.25) is 14.5 Å². The maximum Gasteiger partial charge on any atom is 0.410 e. The van der Waals surface area contributed by atoms with Crippen LogP contribution in [0.15, 0.2) is 12.2 Å². The largest absolute Gasteiger partial charge is 0.446 e. The lowest BCUT2D eigenvalue weighted by Crippen LogP contribution is -2.52. The summed E-state index contributed by atoms with van der Waals surface area (Å²) in [6.07, 6.45) is 7.93. The quantitative estimate of drug-likeness (QED) is 0.466. The van der Waals surface area contributed by atoms with Crippen LogP contribution in [0, 0.1) is 23.7 Å². The number of rotatable bonds is 9. The van der Waals surface area contributed by atoms with Crippen molar-refractivity contribution in [3.8, 4) is 0 Å². The van der Waals surface area contributed by atoms with E-state index in [1.807, 2.05) is 13.8 Å². The van der Waals surface area contributed by atoms with Crippen LogP contribution in [0.25, 0.3) is 0 Å². The van der Waals surface area contributed by atoms with Crippen molar-refractivity contribution in [2.24, 2.45) is 23.7 Å². The van der Waals surface area contributed by atoms with Crippen LogP contribution >= 0.6 is 0 Å². The summed E-state index contributed by atoms with van der Waals surface area (Å²) in [6, 6.07) is -1.74. The number of hydrogen-bond acceptors (Lipinski definition) is 5. The van der Waals surface area contributed by atoms with E-state index in [-0.39, 0.29) is 43.3 Å². The van der Waals surface area contributed by atoms with Gasteiger partial charge in [-0.25, -0.2) is 4.79 Å². The molecule has 3 amide bonds. The Morgan fingerprint density at radius 3 is 2.81 bits per heavy atom. The van der Waals surface area contributed by atoms with Gasteiger partial charge in [0.05, 0.1) is 12.6 Å². The standard InChI is InChI=1S/C24H39N3O5/c1-15(2)9-21(23(30)26-19(14-28)13-18-7-8-25-22(18)29)27(3)24(31)32-20-11-16-5-4-6-17(10-16)12-20/h4-5,15-21,28H,6-14H2,1-3H3,(H,25,29)(H,26,30)/t16-,17+,18+,19+,20-,21+/m1/s1/i3D2. The van der Waals surface area contributed by atoms with Gasteiger partial charge in [0, 0.05) is 22.2 Å². The number of carbonyl (C=O) groups is 3. The highest BCUT2D eigenvalue weighted by molar-refractivity contribution is 5.86. The van der Waals surface area contributed by atoms with Gasteiger partial charge in [-0.15, -0.1) is 0 Å². The van der Waals surface area contributed by atoms with Crippen molar-refractivity contribution in [2.45, 2.75) is 77.0 Å². The molecule has 2 bridgehead atoms. The van der Waals surface area contributed by atoms with Crippen molar-refractivity contribution in [3.63, 3.8) is 0 Å². The SMILES string of the molecule is [2H]C([2H])N(C(=O)O[C@@H]1C[C@@H]2C=CC[C@@H](C2)C1)[C@@H](CC(C)C)C(=O)N[C@H](CO)C[C@@H]1CCNC1=O. The molecule has 0 radical (unpaired) electrons. The molecule has 32 heavy (non-hydrogen) atoms. The van der Waals surface area contributed by atoms with Crippen molar-refractivity contribution >= 4 is 17.9 Å². The van der Waals surface area contributed by atoms with Gasteiger partial charge in [-0.2, -0.15) is 0 Å². The van der Waals surface area contributed by atoms with Gasteiger partial charge in [0.2, 0.25) is 11.8 Å². The Hall–Kier alpha value is -2.09. The molecule has 8 nitrogen and oxygen atoms in total. The molecule has 3 rings (SSSR count). The predicted octanol–water partition coefficient (Wildman–Crippen LogP) is 2.22. The Morgan fingerprint density at radius 1 is 1.38 bits per heavy atom. The number of nitrogens with zero attached hydrogens (tertiary/aromatic N) is 1. The highest BCUT2D eigenvalue weighted by atomic mass is 16.6. The van der Waals surface area contributed by atoms with Crippen LogP contribution in [-0.2, 0) is 14.3 Å². The molecule has 3 N–H and O–H groups in total. The van der Waals surface area contributed by atoms with E-state index in [4.69, 9.17) is 7.48 Å². The maximum absolute atomic E-state index is 13.3. The Balaban J connectivity index is 1.68. The van der Waals surface area contributed by atoms with Crippen LogP contribution < -0.4 is 10.6 Å². The summed E-state index contributed by atoms with van der Waals surface area (Å²) in [5, 5.41) is 15.3. The molecule has 0 aromatic carbocycles. The lowest BCUT2D eigenvalue weighted by molar-refractivity contribution is -0.128. The van der Waals surface area contributed by atoms with Crippen molar-refractivity contribution in [3.05, 3.63) is 12.2 Å². The summed E-state index contributed by atoms with van der Waals surface area (Å²) < 4.78 is 21.8. The molecule has 1 saturated heterocycles. The molecule has 1 aliphatic heterocycles. The third kappa shape index (κ3) is 6.47. The molecule has 1 heterocycles. The van der Waals surface area contributed by atoms with E-state index in [1.54, 1.807) is 0 Å². The van der Waals surface area contributed by atoms with Gasteiger partial charge in [-0.1, -0.05) is 26.0 Å². The molecule has 3 aliphatic rings. The fourth-order valence-corrected chi connectivity index (χ4v) is 5.15. The average Bonchev–Trinajstić information content (AvgIpc) is 3.16. The summed E-state index contributed by atoms with van der Waals surface area (Å²) in [4.78, 5) is 39.2. The van der Waals surface area contributed by atoms with Gasteiger partial charge in [-0.05, 0) is 62.7 Å². The molecule has 180 valence electrons. The minimum absolute atomic E-state index is 0.0113. The molecule has 0 spiro atoms. The Kier molecular flexibility index (Phi) is 7.59. The lowest BCUT2D eigenvalue weighted by Gasteiger charge is -2.37. The summed E-state index contributed by atoms with van der Waals surface area (Å²) in [5.41, 5.74) is 0. The highest BCUT2D eigenvalue weighted by Gasteiger charge is 2.35. The maximum atomic E-state index is 13.3. The second-order valence-corrected chi connectivity index (χ2v) is 9.96. The zero-order chi connectivity index (χ0) is 24.8. The van der Waals surface area contributed by atoms with E-state index >= 15 is 0 Å². The Labute approximate surface area is 193 Å². The number of amides is 3. The topological polar surface area (TPSA) is 108 Å². The summed E-state index contributed by atoms with van der Waals surface area (Å²) in [7, 11) is 0. The second kappa shape index (κ2) is 11.2. The molecule has 2 aliphatic carbocycles. The first-order valence-corrected chi connectivity index (χ1v) is 11.9. The molecule has 6 atom stereocenters. The number of fused-ring (bicyclic) bond motifs is 2. The number of allylic oxidation sites excluding steroid dienone is 2. The van der Waals surface area contributed by atoms with Crippen LogP contribution in [0.5, 0.6) is 0 Å². The Bertz CT molecular complexity index is 763. The zero-order valence-corrected chi connectivity index (χ0v) is 19.2. The van der Waals surface area contributed by atoms with E-state index in [9.17, 15) is 19.5 Å². The number of nitrogens with one attached hydrogen (secondary N) is 2. The van der Waals surface area contributed by atoms with Crippen LogP contribution in [0.3, 0.4) is 0 Å². The van der Waals surface area contributed by atoms with Crippen molar-refractivity contribution in [1.82, 2.24) is 15.5 Å². The summed E-state index contributed by atoms with van der Waals surface area (Å²) in [6.45, 7) is 2.29. The van der Waals surface area contributed by atoms with E-state index < -0.39 is 31.1 Å². The fourth-order valence-electron chi connectivity index (χ4n) is 5.15. The van der Waals surface area contributed by atoms with E-state index in [0.29, 0.717) is 31.2 Å². The minimum Gasteiger partial charge on any atom is -0.446 e. The summed E-state index contributed by atoms with van der Waals surface area (Å²) >= 11 is 0.